The zero-order valence-electron chi connectivity index (χ0n) is 23.1. The number of urea groups is 1. The molecule has 4 aromatic rings. The lowest BCUT2D eigenvalue weighted by molar-refractivity contribution is -0.120. The van der Waals surface area contributed by atoms with Crippen molar-refractivity contribution < 1.29 is 22.9 Å². The lowest BCUT2D eigenvalue weighted by Crippen LogP contribution is -2.41. The van der Waals surface area contributed by atoms with E-state index in [1.165, 1.54) is 6.07 Å². The molecule has 1 aromatic carbocycles. The van der Waals surface area contributed by atoms with E-state index in [-0.39, 0.29) is 11.9 Å². The number of nitrogens with one attached hydrogen (secondary N) is 1. The van der Waals surface area contributed by atoms with Crippen LogP contribution in [0.15, 0.2) is 47.1 Å². The molecule has 0 spiro atoms. The number of nitrogens with zero attached hydrogens (tertiary/aromatic N) is 5. The molecule has 1 N–H and O–H groups in total. The molecule has 0 saturated carbocycles. The Bertz CT molecular complexity index is 1690. The van der Waals surface area contributed by atoms with Crippen molar-refractivity contribution in [1.29, 1.82) is 0 Å². The van der Waals surface area contributed by atoms with Gasteiger partial charge in [0, 0.05) is 50.1 Å². The lowest BCUT2D eigenvalue weighted by atomic mass is 9.93. The van der Waals surface area contributed by atoms with Crippen molar-refractivity contribution in [3.8, 4) is 11.1 Å². The molecule has 6 rings (SSSR count). The Kier molecular flexibility index (Phi) is 6.80. The van der Waals surface area contributed by atoms with Gasteiger partial charge in [-0.3, -0.25) is 9.20 Å². The quantitative estimate of drug-likeness (QED) is 0.352. The Hall–Kier alpha value is -4.54. The molecule has 5 heterocycles. The fourth-order valence-electron chi connectivity index (χ4n) is 5.98. The van der Waals surface area contributed by atoms with Crippen LogP contribution < -0.4 is 10.2 Å². The molecule has 1 fully saturated rings. The molecule has 0 bridgehead atoms. The first-order chi connectivity index (χ1) is 19.8. The summed E-state index contributed by atoms with van der Waals surface area (Å²) < 4.78 is 35.5. The topological polar surface area (TPSA) is 96.0 Å². The first kappa shape index (κ1) is 26.7. The predicted octanol–water partition coefficient (Wildman–Crippen LogP) is 5.57. The molecule has 3 aromatic heterocycles. The number of imidazole rings is 1. The summed E-state index contributed by atoms with van der Waals surface area (Å²) in [6.45, 7) is 4.69. The molecule has 0 aliphatic carbocycles. The summed E-state index contributed by atoms with van der Waals surface area (Å²) in [4.78, 5) is 33.9. The number of anilines is 1. The summed E-state index contributed by atoms with van der Waals surface area (Å²) in [6.07, 6.45) is 6.10. The molecular formula is C30H30F2N6O3. The molecule has 1 saturated heterocycles. The van der Waals surface area contributed by atoms with E-state index in [1.54, 1.807) is 16.8 Å². The highest BCUT2D eigenvalue weighted by Crippen LogP contribution is 2.41. The number of aromatic nitrogens is 3. The number of carbonyl (C=O) groups excluding carboxylic acids is 2. The van der Waals surface area contributed by atoms with Gasteiger partial charge in [0.15, 0.2) is 11.6 Å². The van der Waals surface area contributed by atoms with Gasteiger partial charge >= 0.3 is 6.03 Å². The minimum atomic E-state index is -1.01. The van der Waals surface area contributed by atoms with Gasteiger partial charge in [0.05, 0.1) is 23.1 Å². The van der Waals surface area contributed by atoms with E-state index < -0.39 is 17.7 Å². The molecule has 11 heteroatoms. The Morgan fingerprint density at radius 1 is 1.12 bits per heavy atom. The summed E-state index contributed by atoms with van der Waals surface area (Å²) in [5.74, 6) is -1.45. The van der Waals surface area contributed by atoms with Crippen LogP contribution in [0.2, 0.25) is 0 Å². The second kappa shape index (κ2) is 10.5. The van der Waals surface area contributed by atoms with Crippen LogP contribution in [0.3, 0.4) is 0 Å². The summed E-state index contributed by atoms with van der Waals surface area (Å²) in [6, 6.07) is 6.85. The number of piperidine rings is 1. The SMILES string of the molecule is CNC(=O)N1CC=C(c2c([C@@H]3CCCC(=O)N3c3ccc(F)c(F)c3)nc3cc(-c4c(C)noc4C)ccn23)CC1. The van der Waals surface area contributed by atoms with E-state index in [1.807, 2.05) is 42.7 Å². The normalized spacial score (nSPS) is 17.7. The first-order valence-corrected chi connectivity index (χ1v) is 13.6. The van der Waals surface area contributed by atoms with E-state index >= 15 is 0 Å². The second-order valence-corrected chi connectivity index (χ2v) is 10.4. The third kappa shape index (κ3) is 4.64. The van der Waals surface area contributed by atoms with Crippen LogP contribution in [-0.2, 0) is 4.79 Å². The third-order valence-corrected chi connectivity index (χ3v) is 7.94. The molecule has 2 aliphatic rings. The van der Waals surface area contributed by atoms with Gasteiger partial charge in [0.25, 0.3) is 0 Å². The standard InChI is InChI=1S/C30H30F2N6O3/c1-17-27(18(2)41-35-17)20-11-14-37-25(15-20)34-28(29(37)19-9-12-36(13-10-19)30(40)33-3)24-5-4-6-26(39)38(24)21-7-8-22(31)23(32)16-21/h7-9,11,14-16,24H,4-6,10,12-13H2,1-3H3,(H,33,40)/t24-/m0/s1. The number of halogens is 2. The van der Waals surface area contributed by atoms with Crippen molar-refractivity contribution >= 4 is 28.8 Å². The average Bonchev–Trinajstić information content (AvgIpc) is 3.52. The van der Waals surface area contributed by atoms with Crippen molar-refractivity contribution in [1.82, 2.24) is 24.8 Å². The van der Waals surface area contributed by atoms with Crippen molar-refractivity contribution in [3.63, 3.8) is 0 Å². The van der Waals surface area contributed by atoms with Crippen LogP contribution in [0.25, 0.3) is 22.3 Å². The van der Waals surface area contributed by atoms with Crippen LogP contribution in [0, 0.1) is 25.5 Å². The molecule has 1 atom stereocenters. The molecule has 0 unspecified atom stereocenters. The largest absolute Gasteiger partial charge is 0.361 e. The Morgan fingerprint density at radius 3 is 2.63 bits per heavy atom. The van der Waals surface area contributed by atoms with Gasteiger partial charge < -0.3 is 19.6 Å². The third-order valence-electron chi connectivity index (χ3n) is 7.94. The number of amides is 3. The molecule has 2 aliphatic heterocycles. The van der Waals surface area contributed by atoms with Gasteiger partial charge in [-0.15, -0.1) is 0 Å². The van der Waals surface area contributed by atoms with Gasteiger partial charge in [0.1, 0.15) is 11.4 Å². The number of pyridine rings is 1. The molecule has 212 valence electrons. The number of rotatable bonds is 4. The highest BCUT2D eigenvalue weighted by Gasteiger charge is 2.36. The van der Waals surface area contributed by atoms with E-state index in [4.69, 9.17) is 9.51 Å². The van der Waals surface area contributed by atoms with Gasteiger partial charge in [-0.25, -0.2) is 18.6 Å². The minimum absolute atomic E-state index is 0.148. The van der Waals surface area contributed by atoms with Gasteiger partial charge in [-0.1, -0.05) is 11.2 Å². The summed E-state index contributed by atoms with van der Waals surface area (Å²) >= 11 is 0. The number of hydrogen-bond donors (Lipinski definition) is 1. The smallest absolute Gasteiger partial charge is 0.317 e. The molecule has 9 nitrogen and oxygen atoms in total. The second-order valence-electron chi connectivity index (χ2n) is 10.4. The number of hydrogen-bond acceptors (Lipinski definition) is 5. The van der Waals surface area contributed by atoms with Crippen LogP contribution in [0.5, 0.6) is 0 Å². The Morgan fingerprint density at radius 2 is 1.95 bits per heavy atom. The van der Waals surface area contributed by atoms with Gasteiger partial charge in [0.2, 0.25) is 5.91 Å². The van der Waals surface area contributed by atoms with Crippen molar-refractivity contribution in [3.05, 3.63) is 77.1 Å². The highest BCUT2D eigenvalue weighted by atomic mass is 19.2. The van der Waals surface area contributed by atoms with E-state index in [9.17, 15) is 18.4 Å². The van der Waals surface area contributed by atoms with Crippen LogP contribution in [-0.4, -0.2) is 51.5 Å². The predicted molar refractivity (Wildman–Crippen MR) is 149 cm³/mol. The zero-order valence-corrected chi connectivity index (χ0v) is 23.1. The number of aryl methyl sites for hydroxylation is 2. The fraction of sp³-hybridized carbons (Fsp3) is 0.333. The lowest BCUT2D eigenvalue weighted by Gasteiger charge is -2.36. The number of fused-ring (bicyclic) bond motifs is 1. The Labute approximate surface area is 235 Å². The maximum Gasteiger partial charge on any atom is 0.317 e. The van der Waals surface area contributed by atoms with Crippen molar-refractivity contribution in [2.75, 3.05) is 25.0 Å². The monoisotopic (exact) mass is 560 g/mol. The van der Waals surface area contributed by atoms with Gasteiger partial charge in [-0.05, 0) is 68.5 Å². The number of carbonyl (C=O) groups is 2. The first-order valence-electron chi connectivity index (χ1n) is 13.6. The average molecular weight is 561 g/mol. The van der Waals surface area contributed by atoms with Crippen LogP contribution >= 0.6 is 0 Å². The molecule has 41 heavy (non-hydrogen) atoms. The zero-order chi connectivity index (χ0) is 28.8. The van der Waals surface area contributed by atoms with Crippen LogP contribution in [0.1, 0.15) is 54.6 Å². The molecule has 3 amide bonds. The summed E-state index contributed by atoms with van der Waals surface area (Å²) in [5, 5.41) is 6.75. The molecular weight excluding hydrogens is 530 g/mol. The fourth-order valence-corrected chi connectivity index (χ4v) is 5.98. The molecule has 0 radical (unpaired) electrons. The van der Waals surface area contributed by atoms with E-state index in [2.05, 4.69) is 10.5 Å². The minimum Gasteiger partial charge on any atom is -0.361 e. The van der Waals surface area contributed by atoms with Crippen molar-refractivity contribution in [2.24, 2.45) is 0 Å². The van der Waals surface area contributed by atoms with Crippen LogP contribution in [0.4, 0.5) is 19.3 Å². The van der Waals surface area contributed by atoms with E-state index in [0.29, 0.717) is 61.6 Å². The van der Waals surface area contributed by atoms with Gasteiger partial charge in [-0.2, -0.15) is 0 Å². The maximum absolute atomic E-state index is 14.3. The Balaban J connectivity index is 1.52. The highest BCUT2D eigenvalue weighted by molar-refractivity contribution is 5.95. The summed E-state index contributed by atoms with van der Waals surface area (Å²) in [7, 11) is 1.60. The number of benzene rings is 1. The van der Waals surface area contributed by atoms with E-state index in [0.717, 1.165) is 40.2 Å². The van der Waals surface area contributed by atoms with Crippen molar-refractivity contribution in [2.45, 2.75) is 45.6 Å². The maximum atomic E-state index is 14.3. The summed E-state index contributed by atoms with van der Waals surface area (Å²) in [5.41, 5.74) is 6.05.